The summed E-state index contributed by atoms with van der Waals surface area (Å²) in [5.74, 6) is -3.02. The third-order valence-corrected chi connectivity index (χ3v) is 5.54. The zero-order valence-corrected chi connectivity index (χ0v) is 16.4. The molecule has 0 bridgehead atoms. The van der Waals surface area contributed by atoms with E-state index in [2.05, 4.69) is 15.5 Å². The monoisotopic (exact) mass is 427 g/mol. The van der Waals surface area contributed by atoms with Crippen molar-refractivity contribution in [3.63, 3.8) is 0 Å². The van der Waals surface area contributed by atoms with Gasteiger partial charge in [0, 0.05) is 31.8 Å². The van der Waals surface area contributed by atoms with Gasteiger partial charge in [-0.2, -0.15) is 0 Å². The van der Waals surface area contributed by atoms with Gasteiger partial charge in [0.05, 0.1) is 17.6 Å². The lowest BCUT2D eigenvalue weighted by atomic mass is 10.2. The van der Waals surface area contributed by atoms with E-state index in [4.69, 9.17) is 0 Å². The Morgan fingerprint density at radius 2 is 1.76 bits per heavy atom. The van der Waals surface area contributed by atoms with E-state index in [0.717, 1.165) is 12.1 Å². The molecule has 0 spiro atoms. The highest BCUT2D eigenvalue weighted by atomic mass is 32.2. The summed E-state index contributed by atoms with van der Waals surface area (Å²) in [7, 11) is -1.33. The molecule has 11 heteroatoms. The lowest BCUT2D eigenvalue weighted by Gasteiger charge is -2.14. The van der Waals surface area contributed by atoms with Gasteiger partial charge in [-0.05, 0) is 36.4 Å². The van der Waals surface area contributed by atoms with Crippen LogP contribution in [0.3, 0.4) is 0 Å². The Morgan fingerprint density at radius 1 is 1.10 bits per heavy atom. The molecule has 0 heterocycles. The van der Waals surface area contributed by atoms with Gasteiger partial charge in [0.2, 0.25) is 5.91 Å². The summed E-state index contributed by atoms with van der Waals surface area (Å²) in [6.45, 7) is -0.0768. The van der Waals surface area contributed by atoms with Crippen LogP contribution >= 0.6 is 0 Å². The first-order valence-electron chi connectivity index (χ1n) is 8.31. The zero-order chi connectivity index (χ0) is 21.6. The molecular formula is C18H19F2N3O5S. The van der Waals surface area contributed by atoms with E-state index in [-0.39, 0.29) is 23.4 Å². The molecule has 0 aliphatic rings. The van der Waals surface area contributed by atoms with Crippen LogP contribution in [0.2, 0.25) is 0 Å². The Bertz CT molecular complexity index is 997. The lowest BCUT2D eigenvalue weighted by Crippen LogP contribution is -2.28. The van der Waals surface area contributed by atoms with Gasteiger partial charge >= 0.3 is 0 Å². The molecular weight excluding hydrogens is 408 g/mol. The number of carbonyl (C=O) groups excluding carboxylic acids is 2. The van der Waals surface area contributed by atoms with Crippen molar-refractivity contribution in [1.82, 2.24) is 9.79 Å². The maximum Gasteiger partial charge on any atom is 0.264 e. The van der Waals surface area contributed by atoms with Crippen LogP contribution in [0.1, 0.15) is 16.8 Å². The van der Waals surface area contributed by atoms with Gasteiger partial charge in [0.15, 0.2) is 0 Å². The van der Waals surface area contributed by atoms with Gasteiger partial charge in [0.25, 0.3) is 15.9 Å². The van der Waals surface area contributed by atoms with Crippen molar-refractivity contribution < 1.29 is 31.6 Å². The number of nitrogens with one attached hydrogen (secondary N) is 2. The number of rotatable bonds is 8. The molecule has 0 saturated heterocycles. The fraction of sp³-hybridized carbons (Fsp3) is 0.222. The van der Waals surface area contributed by atoms with Gasteiger partial charge < -0.3 is 10.6 Å². The maximum absolute atomic E-state index is 13.5. The molecule has 156 valence electrons. The predicted molar refractivity (Wildman–Crippen MR) is 100 cm³/mol. The molecule has 0 saturated carbocycles. The van der Waals surface area contributed by atoms with Crippen molar-refractivity contribution in [2.45, 2.75) is 11.3 Å². The Hall–Kier alpha value is -2.89. The minimum atomic E-state index is -3.79. The number of anilines is 1. The second kappa shape index (κ2) is 9.54. The predicted octanol–water partition coefficient (Wildman–Crippen LogP) is 1.91. The second-order valence-electron chi connectivity index (χ2n) is 5.80. The van der Waals surface area contributed by atoms with E-state index in [1.165, 1.54) is 38.4 Å². The Kier molecular flexibility index (Phi) is 7.37. The number of halogens is 2. The molecule has 0 fully saturated rings. The number of carbonyl (C=O) groups is 2. The summed E-state index contributed by atoms with van der Waals surface area (Å²) in [6.07, 6.45) is -0.110. The summed E-state index contributed by atoms with van der Waals surface area (Å²) in [4.78, 5) is 28.4. The van der Waals surface area contributed by atoms with E-state index in [0.29, 0.717) is 16.2 Å². The molecule has 2 rings (SSSR count). The van der Waals surface area contributed by atoms with Gasteiger partial charge in [0.1, 0.15) is 11.6 Å². The Labute approximate surface area is 166 Å². The minimum absolute atomic E-state index is 0.0200. The topological polar surface area (TPSA) is 105 Å². The summed E-state index contributed by atoms with van der Waals surface area (Å²) in [5, 5.41) is 4.91. The SMILES string of the molecule is CON(C)S(=O)(=O)c1ccc(NC(=O)CCNC(=O)c2ccc(F)cc2F)cc1. The first-order chi connectivity index (χ1) is 13.6. The van der Waals surface area contributed by atoms with Crippen LogP contribution < -0.4 is 10.6 Å². The normalized spacial score (nSPS) is 11.3. The fourth-order valence-electron chi connectivity index (χ4n) is 2.24. The highest BCUT2D eigenvalue weighted by molar-refractivity contribution is 7.89. The van der Waals surface area contributed by atoms with Crippen LogP contribution in [-0.4, -0.2) is 45.4 Å². The van der Waals surface area contributed by atoms with Crippen molar-refractivity contribution >= 4 is 27.5 Å². The number of amides is 2. The summed E-state index contributed by atoms with van der Waals surface area (Å²) >= 11 is 0. The highest BCUT2D eigenvalue weighted by Gasteiger charge is 2.20. The molecule has 2 amide bonds. The molecule has 0 aromatic heterocycles. The van der Waals surface area contributed by atoms with E-state index in [1.54, 1.807) is 0 Å². The zero-order valence-electron chi connectivity index (χ0n) is 15.6. The number of hydrogen-bond donors (Lipinski definition) is 2. The number of nitrogens with zero attached hydrogens (tertiary/aromatic N) is 1. The maximum atomic E-state index is 13.5. The summed E-state index contributed by atoms with van der Waals surface area (Å²) in [6, 6.07) is 7.98. The largest absolute Gasteiger partial charge is 0.351 e. The smallest absolute Gasteiger partial charge is 0.264 e. The lowest BCUT2D eigenvalue weighted by molar-refractivity contribution is -0.116. The van der Waals surface area contributed by atoms with Gasteiger partial charge in [-0.3, -0.25) is 14.4 Å². The average molecular weight is 427 g/mol. The minimum Gasteiger partial charge on any atom is -0.351 e. The molecule has 2 aromatic rings. The van der Waals surface area contributed by atoms with Crippen LogP contribution in [0.5, 0.6) is 0 Å². The number of hydroxylamine groups is 1. The third kappa shape index (κ3) is 5.79. The number of benzene rings is 2. The average Bonchev–Trinajstić information content (AvgIpc) is 2.67. The second-order valence-corrected chi connectivity index (χ2v) is 7.74. The van der Waals surface area contributed by atoms with Crippen LogP contribution in [0.25, 0.3) is 0 Å². The van der Waals surface area contributed by atoms with Crippen molar-refractivity contribution in [3.8, 4) is 0 Å². The molecule has 0 radical (unpaired) electrons. The third-order valence-electron chi connectivity index (χ3n) is 3.84. The quantitative estimate of drug-likeness (QED) is 0.626. The number of sulfonamides is 1. The van der Waals surface area contributed by atoms with Crippen LogP contribution in [-0.2, 0) is 19.7 Å². The van der Waals surface area contributed by atoms with Crippen LogP contribution in [0.4, 0.5) is 14.5 Å². The molecule has 2 N–H and O–H groups in total. The van der Waals surface area contributed by atoms with Crippen LogP contribution in [0, 0.1) is 11.6 Å². The van der Waals surface area contributed by atoms with E-state index in [1.807, 2.05) is 0 Å². The Morgan fingerprint density at radius 3 is 2.34 bits per heavy atom. The molecule has 8 nitrogen and oxygen atoms in total. The van der Waals surface area contributed by atoms with Crippen molar-refractivity contribution in [2.75, 3.05) is 26.0 Å². The first kappa shape index (κ1) is 22.4. The molecule has 0 atom stereocenters. The Balaban J connectivity index is 1.87. The van der Waals surface area contributed by atoms with Crippen molar-refractivity contribution in [3.05, 3.63) is 59.7 Å². The summed E-state index contributed by atoms with van der Waals surface area (Å²) in [5.41, 5.74) is 0.0227. The van der Waals surface area contributed by atoms with E-state index >= 15 is 0 Å². The van der Waals surface area contributed by atoms with Gasteiger partial charge in [-0.1, -0.05) is 4.47 Å². The standard InChI is InChI=1S/C18H19F2N3O5S/c1-23(28-2)29(26,27)14-6-4-13(5-7-14)22-17(24)9-10-21-18(25)15-8-3-12(19)11-16(15)20/h3-8,11H,9-10H2,1-2H3,(H,21,25)(H,22,24). The van der Waals surface area contributed by atoms with E-state index < -0.39 is 33.5 Å². The van der Waals surface area contributed by atoms with Crippen molar-refractivity contribution in [2.24, 2.45) is 0 Å². The van der Waals surface area contributed by atoms with Crippen LogP contribution in [0.15, 0.2) is 47.4 Å². The van der Waals surface area contributed by atoms with Gasteiger partial charge in [-0.15, -0.1) is 0 Å². The van der Waals surface area contributed by atoms with E-state index in [9.17, 15) is 26.8 Å². The fourth-order valence-corrected chi connectivity index (χ4v) is 3.21. The van der Waals surface area contributed by atoms with Gasteiger partial charge in [-0.25, -0.2) is 17.2 Å². The summed E-state index contributed by atoms with van der Waals surface area (Å²) < 4.78 is 51.3. The molecule has 0 aliphatic heterocycles. The first-order valence-corrected chi connectivity index (χ1v) is 9.75. The highest BCUT2D eigenvalue weighted by Crippen LogP contribution is 2.17. The number of hydrogen-bond acceptors (Lipinski definition) is 5. The van der Waals surface area contributed by atoms with Crippen molar-refractivity contribution in [1.29, 1.82) is 0 Å². The molecule has 0 aliphatic carbocycles. The molecule has 29 heavy (non-hydrogen) atoms. The molecule has 2 aromatic carbocycles. The molecule has 0 unspecified atom stereocenters.